The Labute approximate surface area is 91.9 Å². The van der Waals surface area contributed by atoms with Gasteiger partial charge < -0.3 is 9.84 Å². The first-order valence-electron chi connectivity index (χ1n) is 5.42. The van der Waals surface area contributed by atoms with E-state index in [-0.39, 0.29) is 12.0 Å². The van der Waals surface area contributed by atoms with Crippen LogP contribution in [0.3, 0.4) is 0 Å². The van der Waals surface area contributed by atoms with Gasteiger partial charge in [0, 0.05) is 0 Å². The highest BCUT2D eigenvalue weighted by Crippen LogP contribution is 2.27. The highest BCUT2D eigenvalue weighted by Gasteiger charge is 2.15. The number of hydrogen-bond acceptors (Lipinski definition) is 2. The van der Waals surface area contributed by atoms with Gasteiger partial charge in [0.25, 0.3) is 0 Å². The molecule has 1 rings (SSSR count). The van der Waals surface area contributed by atoms with Crippen LogP contribution in [0.25, 0.3) is 0 Å². The molecule has 1 aromatic rings. The summed E-state index contributed by atoms with van der Waals surface area (Å²) in [6, 6.07) is 5.84. The molecular weight excluding hydrogens is 188 g/mol. The van der Waals surface area contributed by atoms with Crippen molar-refractivity contribution in [2.75, 3.05) is 7.11 Å². The van der Waals surface area contributed by atoms with Crippen LogP contribution in [0.2, 0.25) is 0 Å². The average molecular weight is 208 g/mol. The van der Waals surface area contributed by atoms with Crippen LogP contribution in [0.1, 0.15) is 37.5 Å². The predicted octanol–water partition coefficient (Wildman–Crippen LogP) is 3.08. The van der Waals surface area contributed by atoms with Crippen molar-refractivity contribution in [1.82, 2.24) is 0 Å². The van der Waals surface area contributed by atoms with E-state index in [0.29, 0.717) is 0 Å². The normalized spacial score (nSPS) is 14.7. The molecule has 2 atom stereocenters. The topological polar surface area (TPSA) is 29.5 Å². The molecule has 1 N–H and O–H groups in total. The summed E-state index contributed by atoms with van der Waals surface area (Å²) in [7, 11) is 1.66. The molecule has 2 heteroatoms. The second-order valence-electron chi connectivity index (χ2n) is 4.06. The standard InChI is InChI=1S/C13H20O2/c1-5-9(2)13(14)11-6-7-12(15-4)10(3)8-11/h6-9,13-14H,5H2,1-4H3. The van der Waals surface area contributed by atoms with E-state index in [9.17, 15) is 5.11 Å². The minimum Gasteiger partial charge on any atom is -0.496 e. The Hall–Kier alpha value is -1.02. The molecule has 1 aromatic carbocycles. The number of methoxy groups -OCH3 is 1. The fraction of sp³-hybridized carbons (Fsp3) is 0.538. The Kier molecular flexibility index (Phi) is 4.15. The first-order chi connectivity index (χ1) is 7.10. The van der Waals surface area contributed by atoms with Crippen LogP contribution in [-0.4, -0.2) is 12.2 Å². The molecule has 0 bridgehead atoms. The molecule has 0 aliphatic carbocycles. The van der Waals surface area contributed by atoms with Crippen LogP contribution in [0.15, 0.2) is 18.2 Å². The van der Waals surface area contributed by atoms with Crippen LogP contribution < -0.4 is 4.74 Å². The second kappa shape index (κ2) is 5.17. The zero-order valence-electron chi connectivity index (χ0n) is 9.95. The highest BCUT2D eigenvalue weighted by molar-refractivity contribution is 5.37. The zero-order chi connectivity index (χ0) is 11.4. The number of ether oxygens (including phenoxy) is 1. The number of aryl methyl sites for hydroxylation is 1. The van der Waals surface area contributed by atoms with E-state index >= 15 is 0 Å². The van der Waals surface area contributed by atoms with Crippen LogP contribution in [-0.2, 0) is 0 Å². The minimum atomic E-state index is -0.375. The SMILES string of the molecule is CCC(C)C(O)c1ccc(OC)c(C)c1. The van der Waals surface area contributed by atoms with Crippen LogP contribution in [0.4, 0.5) is 0 Å². The molecule has 0 saturated carbocycles. The van der Waals surface area contributed by atoms with Gasteiger partial charge in [-0.25, -0.2) is 0 Å². The van der Waals surface area contributed by atoms with Crippen molar-refractivity contribution < 1.29 is 9.84 Å². The Bertz CT molecular complexity index is 320. The zero-order valence-corrected chi connectivity index (χ0v) is 9.95. The van der Waals surface area contributed by atoms with Gasteiger partial charge in [0.1, 0.15) is 5.75 Å². The van der Waals surface area contributed by atoms with Crippen molar-refractivity contribution in [2.45, 2.75) is 33.3 Å². The van der Waals surface area contributed by atoms with Gasteiger partial charge in [-0.1, -0.05) is 26.3 Å². The fourth-order valence-corrected chi connectivity index (χ4v) is 1.64. The summed E-state index contributed by atoms with van der Waals surface area (Å²) in [5, 5.41) is 10.0. The lowest BCUT2D eigenvalue weighted by atomic mass is 9.94. The Morgan fingerprint density at radius 1 is 1.40 bits per heavy atom. The molecule has 0 amide bonds. The van der Waals surface area contributed by atoms with E-state index in [1.165, 1.54) is 0 Å². The predicted molar refractivity (Wildman–Crippen MR) is 62.1 cm³/mol. The van der Waals surface area contributed by atoms with Crippen molar-refractivity contribution in [2.24, 2.45) is 5.92 Å². The molecule has 0 aromatic heterocycles. The highest BCUT2D eigenvalue weighted by atomic mass is 16.5. The van der Waals surface area contributed by atoms with Gasteiger partial charge in [0.15, 0.2) is 0 Å². The van der Waals surface area contributed by atoms with Crippen molar-refractivity contribution in [3.05, 3.63) is 29.3 Å². The number of rotatable bonds is 4. The molecule has 0 heterocycles. The maximum Gasteiger partial charge on any atom is 0.121 e. The van der Waals surface area contributed by atoms with E-state index in [0.717, 1.165) is 23.3 Å². The van der Waals surface area contributed by atoms with E-state index in [4.69, 9.17) is 4.74 Å². The maximum absolute atomic E-state index is 10.0. The lowest BCUT2D eigenvalue weighted by Gasteiger charge is -2.18. The summed E-state index contributed by atoms with van der Waals surface area (Å²) in [5.74, 6) is 1.16. The Morgan fingerprint density at radius 3 is 2.53 bits per heavy atom. The van der Waals surface area contributed by atoms with Gasteiger partial charge >= 0.3 is 0 Å². The van der Waals surface area contributed by atoms with Crippen molar-refractivity contribution in [1.29, 1.82) is 0 Å². The Morgan fingerprint density at radius 2 is 2.07 bits per heavy atom. The lowest BCUT2D eigenvalue weighted by Crippen LogP contribution is -2.08. The molecule has 15 heavy (non-hydrogen) atoms. The summed E-state index contributed by atoms with van der Waals surface area (Å²) in [6.07, 6.45) is 0.603. The van der Waals surface area contributed by atoms with Crippen LogP contribution in [0, 0.1) is 12.8 Å². The van der Waals surface area contributed by atoms with Gasteiger partial charge in [-0.3, -0.25) is 0 Å². The van der Waals surface area contributed by atoms with Gasteiger partial charge in [0.05, 0.1) is 13.2 Å². The molecular formula is C13H20O2. The number of hydrogen-bond donors (Lipinski definition) is 1. The molecule has 0 radical (unpaired) electrons. The van der Waals surface area contributed by atoms with Crippen molar-refractivity contribution in [3.63, 3.8) is 0 Å². The summed E-state index contributed by atoms with van der Waals surface area (Å²) >= 11 is 0. The van der Waals surface area contributed by atoms with Crippen LogP contribution >= 0.6 is 0 Å². The minimum absolute atomic E-state index is 0.290. The Balaban J connectivity index is 2.92. The van der Waals surface area contributed by atoms with Crippen molar-refractivity contribution in [3.8, 4) is 5.75 Å². The summed E-state index contributed by atoms with van der Waals surface area (Å²) in [4.78, 5) is 0. The first kappa shape index (κ1) is 12.1. The third-order valence-electron chi connectivity index (χ3n) is 2.94. The molecule has 84 valence electrons. The largest absolute Gasteiger partial charge is 0.496 e. The molecule has 0 spiro atoms. The molecule has 0 aliphatic rings. The van der Waals surface area contributed by atoms with Crippen molar-refractivity contribution >= 4 is 0 Å². The fourth-order valence-electron chi connectivity index (χ4n) is 1.64. The molecule has 0 aliphatic heterocycles. The van der Waals surface area contributed by atoms with Gasteiger partial charge in [-0.2, -0.15) is 0 Å². The number of benzene rings is 1. The molecule has 0 saturated heterocycles. The van der Waals surface area contributed by atoms with E-state index in [1.54, 1.807) is 7.11 Å². The van der Waals surface area contributed by atoms with Crippen LogP contribution in [0.5, 0.6) is 5.75 Å². The third-order valence-corrected chi connectivity index (χ3v) is 2.94. The summed E-state index contributed by atoms with van der Waals surface area (Å²) in [5.41, 5.74) is 2.04. The molecule has 2 unspecified atom stereocenters. The third kappa shape index (κ3) is 2.72. The average Bonchev–Trinajstić information content (AvgIpc) is 2.26. The number of aliphatic hydroxyl groups excluding tert-OH is 1. The number of aliphatic hydroxyl groups is 1. The van der Waals surface area contributed by atoms with E-state index < -0.39 is 0 Å². The quantitative estimate of drug-likeness (QED) is 0.824. The smallest absolute Gasteiger partial charge is 0.121 e. The van der Waals surface area contributed by atoms with E-state index in [1.807, 2.05) is 25.1 Å². The molecule has 0 fully saturated rings. The second-order valence-corrected chi connectivity index (χ2v) is 4.06. The van der Waals surface area contributed by atoms with Gasteiger partial charge in [0.2, 0.25) is 0 Å². The van der Waals surface area contributed by atoms with Gasteiger partial charge in [-0.05, 0) is 36.1 Å². The summed E-state index contributed by atoms with van der Waals surface area (Å²) < 4.78 is 5.18. The lowest BCUT2D eigenvalue weighted by molar-refractivity contribution is 0.115. The van der Waals surface area contributed by atoms with E-state index in [2.05, 4.69) is 13.8 Å². The first-order valence-corrected chi connectivity index (χ1v) is 5.42. The monoisotopic (exact) mass is 208 g/mol. The summed E-state index contributed by atoms with van der Waals surface area (Å²) in [6.45, 7) is 6.14. The maximum atomic E-state index is 10.0. The van der Waals surface area contributed by atoms with Gasteiger partial charge in [-0.15, -0.1) is 0 Å². The molecule has 2 nitrogen and oxygen atoms in total.